The average molecular weight is 533 g/mol. The first-order valence-electron chi connectivity index (χ1n) is 11.1. The van der Waals surface area contributed by atoms with Gasteiger partial charge in [-0.05, 0) is 80.4 Å². The van der Waals surface area contributed by atoms with Gasteiger partial charge in [-0.25, -0.2) is 4.79 Å². The highest BCUT2D eigenvalue weighted by Gasteiger charge is 2.40. The van der Waals surface area contributed by atoms with Gasteiger partial charge in [0.1, 0.15) is 22.8 Å². The van der Waals surface area contributed by atoms with E-state index in [1.807, 2.05) is 6.92 Å². The van der Waals surface area contributed by atoms with Crippen LogP contribution in [0.4, 0.5) is 13.2 Å². The van der Waals surface area contributed by atoms with Crippen LogP contribution in [0.5, 0.6) is 23.0 Å². The molecule has 4 rings (SSSR count). The van der Waals surface area contributed by atoms with Crippen molar-refractivity contribution in [3.05, 3.63) is 92.3 Å². The molecule has 0 spiro atoms. The second kappa shape index (κ2) is 10.2. The molecule has 0 fully saturated rings. The smallest absolute Gasteiger partial charge is 0.453 e. The first kappa shape index (κ1) is 26.1. The average Bonchev–Trinajstić information content (AvgIpc) is 2.84. The molecule has 4 aromatic rings. The molecule has 0 aliphatic carbocycles. The molecule has 1 aromatic heterocycles. The van der Waals surface area contributed by atoms with Gasteiger partial charge < -0.3 is 18.6 Å². The first-order valence-corrected chi connectivity index (χ1v) is 11.4. The summed E-state index contributed by atoms with van der Waals surface area (Å²) in [7, 11) is 0. The van der Waals surface area contributed by atoms with Crippen molar-refractivity contribution in [3.63, 3.8) is 0 Å². The molecule has 0 N–H and O–H groups in total. The van der Waals surface area contributed by atoms with Gasteiger partial charge in [-0.1, -0.05) is 11.6 Å². The van der Waals surface area contributed by atoms with Crippen molar-refractivity contribution in [2.75, 3.05) is 6.61 Å². The number of esters is 1. The number of hydrogen-bond acceptors (Lipinski definition) is 6. The van der Waals surface area contributed by atoms with E-state index in [4.69, 9.17) is 30.2 Å². The Labute approximate surface area is 214 Å². The van der Waals surface area contributed by atoms with Crippen LogP contribution >= 0.6 is 11.6 Å². The van der Waals surface area contributed by atoms with E-state index in [0.29, 0.717) is 28.5 Å². The number of fused-ring (bicyclic) bond motifs is 1. The van der Waals surface area contributed by atoms with Crippen LogP contribution in [0.3, 0.4) is 0 Å². The van der Waals surface area contributed by atoms with Gasteiger partial charge in [0.2, 0.25) is 11.2 Å². The summed E-state index contributed by atoms with van der Waals surface area (Å²) in [6.45, 7) is 5.59. The molecule has 0 radical (unpaired) electrons. The topological polar surface area (TPSA) is 75.0 Å². The van der Waals surface area contributed by atoms with Crippen LogP contribution < -0.4 is 19.6 Å². The van der Waals surface area contributed by atoms with Gasteiger partial charge in [0, 0.05) is 11.1 Å². The van der Waals surface area contributed by atoms with Crippen LogP contribution in [0.2, 0.25) is 5.02 Å². The Morgan fingerprint density at radius 1 is 0.946 bits per heavy atom. The van der Waals surface area contributed by atoms with E-state index >= 15 is 0 Å². The molecular formula is C27H20ClF3O6. The minimum atomic E-state index is -5.05. The number of carbonyl (C=O) groups is 1. The number of alkyl halides is 3. The number of aryl methyl sites for hydroxylation is 2. The number of ether oxygens (including phenoxy) is 3. The Morgan fingerprint density at radius 3 is 2.16 bits per heavy atom. The Morgan fingerprint density at radius 2 is 1.57 bits per heavy atom. The summed E-state index contributed by atoms with van der Waals surface area (Å²) in [6, 6.07) is 12.5. The molecule has 0 saturated heterocycles. The third-order valence-corrected chi connectivity index (χ3v) is 5.92. The van der Waals surface area contributed by atoms with E-state index < -0.39 is 34.7 Å². The molecular weight excluding hydrogens is 513 g/mol. The summed E-state index contributed by atoms with van der Waals surface area (Å²) in [5.74, 6) is -2.94. The summed E-state index contributed by atoms with van der Waals surface area (Å²) >= 11 is 6.12. The molecule has 10 heteroatoms. The fourth-order valence-corrected chi connectivity index (χ4v) is 3.71. The van der Waals surface area contributed by atoms with Crippen molar-refractivity contribution in [3.8, 4) is 23.0 Å². The van der Waals surface area contributed by atoms with Crippen LogP contribution in [-0.2, 0) is 6.18 Å². The lowest BCUT2D eigenvalue weighted by Gasteiger charge is -2.15. The van der Waals surface area contributed by atoms with Crippen LogP contribution in [0, 0.1) is 13.8 Å². The van der Waals surface area contributed by atoms with E-state index in [1.54, 1.807) is 26.0 Å². The van der Waals surface area contributed by atoms with Gasteiger partial charge in [-0.2, -0.15) is 13.2 Å². The normalized spacial score (nSPS) is 11.4. The number of halogens is 4. The molecule has 0 atom stereocenters. The minimum Gasteiger partial charge on any atom is -0.494 e. The number of benzene rings is 3. The maximum atomic E-state index is 13.9. The van der Waals surface area contributed by atoms with Crippen molar-refractivity contribution in [1.82, 2.24) is 0 Å². The van der Waals surface area contributed by atoms with Gasteiger partial charge >= 0.3 is 12.1 Å². The second-order valence-electron chi connectivity index (χ2n) is 8.07. The van der Waals surface area contributed by atoms with E-state index in [2.05, 4.69) is 0 Å². The van der Waals surface area contributed by atoms with Crippen molar-refractivity contribution in [1.29, 1.82) is 0 Å². The summed E-state index contributed by atoms with van der Waals surface area (Å²) in [4.78, 5) is 25.5. The monoisotopic (exact) mass is 532 g/mol. The number of carbonyl (C=O) groups excluding carboxylic acids is 1. The third-order valence-electron chi connectivity index (χ3n) is 5.32. The van der Waals surface area contributed by atoms with Gasteiger partial charge in [0.15, 0.2) is 0 Å². The lowest BCUT2D eigenvalue weighted by molar-refractivity contribution is -0.154. The lowest BCUT2D eigenvalue weighted by atomic mass is 10.1. The molecule has 6 nitrogen and oxygen atoms in total. The summed E-state index contributed by atoms with van der Waals surface area (Å²) < 4.78 is 62.7. The van der Waals surface area contributed by atoms with Crippen LogP contribution in [0.15, 0.2) is 63.8 Å². The molecule has 3 aromatic carbocycles. The molecule has 0 saturated carbocycles. The zero-order chi connectivity index (χ0) is 26.9. The maximum Gasteiger partial charge on any atom is 0.453 e. The Kier molecular flexibility index (Phi) is 7.18. The van der Waals surface area contributed by atoms with E-state index in [9.17, 15) is 22.8 Å². The molecule has 192 valence electrons. The number of rotatable bonds is 6. The SMILES string of the molecule is CCOc1ccc(C(=O)Oc2ccc3c(=O)c(Oc4cc(C)c(Cl)c(C)c4)c(C(F)(F)F)oc3c2)cc1. The van der Waals surface area contributed by atoms with Crippen molar-refractivity contribution < 1.29 is 36.6 Å². The molecule has 1 heterocycles. The minimum absolute atomic E-state index is 0.00236. The van der Waals surface area contributed by atoms with Gasteiger partial charge in [0.25, 0.3) is 5.76 Å². The Bertz CT molecular complexity index is 1520. The summed E-state index contributed by atoms with van der Waals surface area (Å²) in [5.41, 5.74) is -0.143. The van der Waals surface area contributed by atoms with E-state index in [0.717, 1.165) is 6.07 Å². The molecule has 0 amide bonds. The highest BCUT2D eigenvalue weighted by atomic mass is 35.5. The quantitative estimate of drug-likeness (QED) is 0.189. The number of hydrogen-bond donors (Lipinski definition) is 0. The maximum absolute atomic E-state index is 13.9. The second-order valence-corrected chi connectivity index (χ2v) is 8.44. The van der Waals surface area contributed by atoms with Crippen LogP contribution in [0.25, 0.3) is 11.0 Å². The third kappa shape index (κ3) is 5.56. The van der Waals surface area contributed by atoms with Crippen LogP contribution in [0.1, 0.15) is 34.2 Å². The zero-order valence-corrected chi connectivity index (χ0v) is 20.6. The highest BCUT2D eigenvalue weighted by molar-refractivity contribution is 6.32. The predicted molar refractivity (Wildman–Crippen MR) is 131 cm³/mol. The predicted octanol–water partition coefficient (Wildman–Crippen LogP) is 7.49. The Hall–Kier alpha value is -3.98. The fourth-order valence-electron chi connectivity index (χ4n) is 3.60. The van der Waals surface area contributed by atoms with Crippen molar-refractivity contribution >= 4 is 28.5 Å². The summed E-state index contributed by atoms with van der Waals surface area (Å²) in [6.07, 6.45) is -5.05. The first-order chi connectivity index (χ1) is 17.5. The van der Waals surface area contributed by atoms with Gasteiger partial charge in [0.05, 0.1) is 17.6 Å². The van der Waals surface area contributed by atoms with Gasteiger partial charge in [-0.15, -0.1) is 0 Å². The van der Waals surface area contributed by atoms with Crippen molar-refractivity contribution in [2.45, 2.75) is 26.9 Å². The zero-order valence-electron chi connectivity index (χ0n) is 19.9. The molecule has 0 bridgehead atoms. The summed E-state index contributed by atoms with van der Waals surface area (Å²) in [5, 5.41) is 0.243. The standard InChI is InChI=1S/C27H20ClF3O6/c1-4-34-17-7-5-16(6-8-17)26(33)36-18-9-10-20-21(13-18)37-25(27(29,30)31)24(23(20)32)35-19-11-14(2)22(28)15(3)12-19/h5-13H,4H2,1-3H3. The largest absolute Gasteiger partial charge is 0.494 e. The molecule has 37 heavy (non-hydrogen) atoms. The highest BCUT2D eigenvalue weighted by Crippen LogP contribution is 2.39. The molecule has 0 aliphatic rings. The van der Waals surface area contributed by atoms with E-state index in [-0.39, 0.29) is 22.4 Å². The fraction of sp³-hybridized carbons (Fsp3) is 0.185. The van der Waals surface area contributed by atoms with Crippen LogP contribution in [-0.4, -0.2) is 12.6 Å². The Balaban J connectivity index is 1.71. The molecule has 0 unspecified atom stereocenters. The van der Waals surface area contributed by atoms with E-state index in [1.165, 1.54) is 36.4 Å². The van der Waals surface area contributed by atoms with Gasteiger partial charge in [-0.3, -0.25) is 4.79 Å². The molecule has 0 aliphatic heterocycles. The van der Waals surface area contributed by atoms with Crippen molar-refractivity contribution in [2.24, 2.45) is 0 Å². The lowest BCUT2D eigenvalue weighted by Crippen LogP contribution is -2.16.